The molecular weight excluding hydrogens is 497 g/mol. The Bertz CT molecular complexity index is 1280. The van der Waals surface area contributed by atoms with E-state index in [0.29, 0.717) is 13.3 Å². The highest BCUT2D eigenvalue weighted by molar-refractivity contribution is 7.90. The van der Waals surface area contributed by atoms with Gasteiger partial charge in [-0.3, -0.25) is 4.79 Å². The Kier molecular flexibility index (Phi) is 5.85. The first-order valence-electron chi connectivity index (χ1n) is 10.6. The Labute approximate surface area is 198 Å². The molecule has 4 rings (SSSR count). The second-order valence-electron chi connectivity index (χ2n) is 9.15. The molecule has 1 amide bonds. The molecule has 2 aliphatic rings. The second-order valence-corrected chi connectivity index (χ2v) is 11.2. The summed E-state index contributed by atoms with van der Waals surface area (Å²) in [5, 5.41) is 0. The summed E-state index contributed by atoms with van der Waals surface area (Å²) in [6.07, 6.45) is -3.82. The largest absolute Gasteiger partial charge is 0.484 e. The van der Waals surface area contributed by atoms with Crippen LogP contribution in [0.2, 0.25) is 0 Å². The van der Waals surface area contributed by atoms with Crippen molar-refractivity contribution in [2.24, 2.45) is 5.92 Å². The maximum absolute atomic E-state index is 13.7. The number of ether oxygens (including phenoxy) is 1. The van der Waals surface area contributed by atoms with Crippen LogP contribution < -0.4 is 4.74 Å². The van der Waals surface area contributed by atoms with E-state index in [-0.39, 0.29) is 41.0 Å². The van der Waals surface area contributed by atoms with Crippen LogP contribution in [-0.4, -0.2) is 60.6 Å². The first-order chi connectivity index (χ1) is 16.0. The lowest BCUT2D eigenvalue weighted by Crippen LogP contribution is -2.35. The highest BCUT2D eigenvalue weighted by atomic mass is 32.2. The average Bonchev–Trinajstić information content (AvgIpc) is 3.32. The fraction of sp³-hybridized carbons (Fsp3) is 0.500. The molecule has 1 saturated heterocycles. The van der Waals surface area contributed by atoms with E-state index in [2.05, 4.69) is 9.97 Å². The summed E-state index contributed by atoms with van der Waals surface area (Å²) in [6, 6.07) is 4.13. The molecule has 1 saturated carbocycles. The molecule has 0 bridgehead atoms. The second kappa shape index (κ2) is 8.10. The van der Waals surface area contributed by atoms with Crippen LogP contribution in [0.5, 0.6) is 5.75 Å². The van der Waals surface area contributed by atoms with Crippen LogP contribution >= 0.6 is 0 Å². The van der Waals surface area contributed by atoms with Gasteiger partial charge in [0, 0.05) is 32.5 Å². The maximum Gasteiger partial charge on any atom is 0.433 e. The van der Waals surface area contributed by atoms with Crippen molar-refractivity contribution < 1.29 is 39.9 Å². The number of hydrogen-bond acceptors (Lipinski definition) is 6. The van der Waals surface area contributed by atoms with Crippen LogP contribution in [0, 0.1) is 5.92 Å². The van der Waals surface area contributed by atoms with E-state index in [1.165, 1.54) is 4.90 Å². The number of nitrogens with zero attached hydrogens (tertiary/aromatic N) is 3. The number of aromatic nitrogens is 2. The first-order valence-corrected chi connectivity index (χ1v) is 12.5. The minimum Gasteiger partial charge on any atom is -0.484 e. The summed E-state index contributed by atoms with van der Waals surface area (Å²) < 4.78 is 96.1. The third-order valence-electron chi connectivity index (χ3n) is 6.45. The number of sulfone groups is 1. The van der Waals surface area contributed by atoms with E-state index >= 15 is 0 Å². The number of carbonyl (C=O) groups is 1. The van der Waals surface area contributed by atoms with Crippen LogP contribution in [0.25, 0.3) is 0 Å². The lowest BCUT2D eigenvalue weighted by atomic mass is 10.1. The van der Waals surface area contributed by atoms with Gasteiger partial charge in [0.1, 0.15) is 17.3 Å². The molecule has 3 unspecified atom stereocenters. The van der Waals surface area contributed by atoms with Crippen molar-refractivity contribution in [3.8, 4) is 5.75 Å². The SMILES string of the molecule is CC(Oc1ccc(S(C)(=O)=O)cc1C(=O)N1CC2CC2(c2nccc(C(F)(F)F)n2)C1)C(C)(F)F. The fourth-order valence-electron chi connectivity index (χ4n) is 4.21. The Balaban J connectivity index is 1.65. The number of likely N-dealkylation sites (tertiary alicyclic amines) is 1. The van der Waals surface area contributed by atoms with Gasteiger partial charge >= 0.3 is 6.18 Å². The molecule has 1 aliphatic heterocycles. The number of piperidine rings is 1. The van der Waals surface area contributed by atoms with Gasteiger partial charge in [0.2, 0.25) is 0 Å². The fourth-order valence-corrected chi connectivity index (χ4v) is 4.86. The molecule has 1 aromatic carbocycles. The third-order valence-corrected chi connectivity index (χ3v) is 7.56. The normalized spacial score (nSPS) is 23.1. The molecule has 35 heavy (non-hydrogen) atoms. The molecule has 13 heteroatoms. The summed E-state index contributed by atoms with van der Waals surface area (Å²) in [5.41, 5.74) is -2.17. The minimum atomic E-state index is -4.65. The molecule has 2 fully saturated rings. The van der Waals surface area contributed by atoms with Gasteiger partial charge in [-0.25, -0.2) is 27.2 Å². The van der Waals surface area contributed by atoms with E-state index in [0.717, 1.165) is 43.6 Å². The Morgan fingerprint density at radius 1 is 1.23 bits per heavy atom. The van der Waals surface area contributed by atoms with Gasteiger partial charge in [0.25, 0.3) is 11.8 Å². The zero-order valence-electron chi connectivity index (χ0n) is 18.9. The molecular formula is C22H22F5N3O4S. The molecule has 2 heterocycles. The minimum absolute atomic E-state index is 0.000155. The summed E-state index contributed by atoms with van der Waals surface area (Å²) in [5.74, 6) is -4.35. The van der Waals surface area contributed by atoms with Crippen LogP contribution in [-0.2, 0) is 21.4 Å². The van der Waals surface area contributed by atoms with E-state index in [1.807, 2.05) is 0 Å². The third kappa shape index (κ3) is 4.82. The lowest BCUT2D eigenvalue weighted by Gasteiger charge is -2.25. The van der Waals surface area contributed by atoms with Crippen molar-refractivity contribution in [2.75, 3.05) is 19.3 Å². The number of amides is 1. The molecule has 1 aliphatic carbocycles. The molecule has 0 spiro atoms. The quantitative estimate of drug-likeness (QED) is 0.541. The van der Waals surface area contributed by atoms with Crippen molar-refractivity contribution >= 4 is 15.7 Å². The monoisotopic (exact) mass is 519 g/mol. The van der Waals surface area contributed by atoms with Gasteiger partial charge in [0.05, 0.1) is 15.9 Å². The summed E-state index contributed by atoms with van der Waals surface area (Å²) in [6.45, 7) is 1.93. The van der Waals surface area contributed by atoms with Gasteiger partial charge in [-0.2, -0.15) is 13.2 Å². The van der Waals surface area contributed by atoms with Crippen molar-refractivity contribution in [2.45, 2.75) is 48.8 Å². The Hall–Kier alpha value is -2.83. The Morgan fingerprint density at radius 3 is 2.51 bits per heavy atom. The van der Waals surface area contributed by atoms with Crippen molar-refractivity contribution in [1.29, 1.82) is 0 Å². The molecule has 2 aromatic rings. The summed E-state index contributed by atoms with van der Waals surface area (Å²) in [4.78, 5) is 22.2. The average molecular weight is 519 g/mol. The maximum atomic E-state index is 13.7. The van der Waals surface area contributed by atoms with E-state index in [9.17, 15) is 35.2 Å². The first kappa shape index (κ1) is 25.3. The van der Waals surface area contributed by atoms with Crippen molar-refractivity contribution in [1.82, 2.24) is 14.9 Å². The number of carbonyl (C=O) groups excluding carboxylic acids is 1. The lowest BCUT2D eigenvalue weighted by molar-refractivity contribution is -0.141. The Morgan fingerprint density at radius 2 is 1.91 bits per heavy atom. The van der Waals surface area contributed by atoms with E-state index in [1.54, 1.807) is 0 Å². The molecule has 0 N–H and O–H groups in total. The van der Waals surface area contributed by atoms with Crippen LogP contribution in [0.4, 0.5) is 22.0 Å². The highest BCUT2D eigenvalue weighted by Gasteiger charge is 2.64. The van der Waals surface area contributed by atoms with Crippen molar-refractivity contribution in [3.63, 3.8) is 0 Å². The predicted molar refractivity (Wildman–Crippen MR) is 113 cm³/mol. The number of benzene rings is 1. The summed E-state index contributed by atoms with van der Waals surface area (Å²) >= 11 is 0. The van der Waals surface area contributed by atoms with Crippen molar-refractivity contribution in [3.05, 3.63) is 47.5 Å². The number of alkyl halides is 5. The van der Waals surface area contributed by atoms with E-state index in [4.69, 9.17) is 4.74 Å². The van der Waals surface area contributed by atoms with Gasteiger partial charge in [-0.1, -0.05) is 0 Å². The number of halogens is 5. The van der Waals surface area contributed by atoms with Gasteiger partial charge in [0.15, 0.2) is 15.9 Å². The van der Waals surface area contributed by atoms with Gasteiger partial charge < -0.3 is 9.64 Å². The predicted octanol–water partition coefficient (Wildman–Crippen LogP) is 3.74. The van der Waals surface area contributed by atoms with Gasteiger partial charge in [-0.05, 0) is 43.5 Å². The van der Waals surface area contributed by atoms with Crippen LogP contribution in [0.15, 0.2) is 35.4 Å². The van der Waals surface area contributed by atoms with Crippen LogP contribution in [0.3, 0.4) is 0 Å². The van der Waals surface area contributed by atoms with Gasteiger partial charge in [-0.15, -0.1) is 0 Å². The number of fused-ring (bicyclic) bond motifs is 1. The smallest absolute Gasteiger partial charge is 0.433 e. The molecule has 1 aromatic heterocycles. The molecule has 0 radical (unpaired) electrons. The zero-order chi connectivity index (χ0) is 26.0. The molecule has 3 atom stereocenters. The standard InChI is InChI=1S/C22H22F5N3O4S/c1-12(20(2,23)24)34-16-5-4-14(35(3,32)33)8-15(16)18(31)30-10-13-9-21(13,11-30)19-28-7-6-17(29-19)22(25,26)27/h4-8,12-13H,9-11H2,1-3H3. The molecule has 7 nitrogen and oxygen atoms in total. The highest BCUT2D eigenvalue weighted by Crippen LogP contribution is 2.58. The van der Waals surface area contributed by atoms with Crippen LogP contribution in [0.1, 0.15) is 42.1 Å². The number of rotatable bonds is 6. The topological polar surface area (TPSA) is 89.5 Å². The number of hydrogen-bond donors (Lipinski definition) is 0. The summed E-state index contributed by atoms with van der Waals surface area (Å²) in [7, 11) is -3.73. The van der Waals surface area contributed by atoms with E-state index < -0.39 is 45.1 Å². The molecule has 190 valence electrons. The zero-order valence-corrected chi connectivity index (χ0v) is 19.8.